The van der Waals surface area contributed by atoms with E-state index >= 15 is 0 Å². The van der Waals surface area contributed by atoms with Crippen LogP contribution >= 0.6 is 0 Å². The number of hydrogen-bond acceptors (Lipinski definition) is 4. The second kappa shape index (κ2) is 8.50. The second-order valence-corrected chi connectivity index (χ2v) is 6.93. The van der Waals surface area contributed by atoms with Gasteiger partial charge in [0.1, 0.15) is 17.6 Å². The van der Waals surface area contributed by atoms with Crippen molar-refractivity contribution in [2.24, 2.45) is 0 Å². The van der Waals surface area contributed by atoms with E-state index in [0.717, 1.165) is 36.5 Å². The number of hydrogen-bond donors (Lipinski definition) is 1. The van der Waals surface area contributed by atoms with Crippen molar-refractivity contribution in [2.45, 2.75) is 19.5 Å². The molecule has 0 bridgehead atoms. The van der Waals surface area contributed by atoms with Crippen LogP contribution in [-0.2, 0) is 11.3 Å². The van der Waals surface area contributed by atoms with Gasteiger partial charge in [0.2, 0.25) is 0 Å². The number of carbonyl (C=O) groups is 1. The smallest absolute Gasteiger partial charge is 0.325 e. The highest BCUT2D eigenvalue weighted by Crippen LogP contribution is 2.26. The maximum absolute atomic E-state index is 14.3. The standard InChI is InChI=1S/C21H25FN2O3/c1-15-6-7-18(19(22)12-15)20(21(25)26)24-10-8-23(9-11-24)14-16-4-3-5-17(13-16)27-2/h3-7,12-13,20H,8-11,14H2,1-2H3,(H,25,26)/t20-/m0/s1. The zero-order valence-corrected chi connectivity index (χ0v) is 15.7. The van der Waals surface area contributed by atoms with E-state index < -0.39 is 17.8 Å². The van der Waals surface area contributed by atoms with Crippen molar-refractivity contribution in [1.82, 2.24) is 9.80 Å². The van der Waals surface area contributed by atoms with Crippen LogP contribution in [0, 0.1) is 12.7 Å². The van der Waals surface area contributed by atoms with Gasteiger partial charge in [-0.15, -0.1) is 0 Å². The monoisotopic (exact) mass is 372 g/mol. The Labute approximate surface area is 159 Å². The fourth-order valence-corrected chi connectivity index (χ4v) is 3.55. The molecular weight excluding hydrogens is 347 g/mol. The first kappa shape index (κ1) is 19.3. The molecule has 1 N–H and O–H groups in total. The van der Waals surface area contributed by atoms with Crippen LogP contribution in [0.3, 0.4) is 0 Å². The van der Waals surface area contributed by atoms with E-state index in [1.54, 1.807) is 26.2 Å². The van der Waals surface area contributed by atoms with Crippen LogP contribution < -0.4 is 4.74 Å². The fourth-order valence-electron chi connectivity index (χ4n) is 3.55. The summed E-state index contributed by atoms with van der Waals surface area (Å²) in [4.78, 5) is 16.0. The molecule has 5 nitrogen and oxygen atoms in total. The Hall–Kier alpha value is -2.44. The van der Waals surface area contributed by atoms with Crippen molar-refractivity contribution >= 4 is 5.97 Å². The summed E-state index contributed by atoms with van der Waals surface area (Å²) < 4.78 is 19.6. The second-order valence-electron chi connectivity index (χ2n) is 6.93. The highest BCUT2D eigenvalue weighted by molar-refractivity contribution is 5.75. The molecule has 0 saturated carbocycles. The van der Waals surface area contributed by atoms with Gasteiger partial charge in [0, 0.05) is 38.3 Å². The molecule has 1 fully saturated rings. The number of halogens is 1. The summed E-state index contributed by atoms with van der Waals surface area (Å²) in [6.07, 6.45) is 0. The molecule has 144 valence electrons. The normalized spacial score (nSPS) is 16.9. The summed E-state index contributed by atoms with van der Waals surface area (Å²) in [5.74, 6) is -0.646. The van der Waals surface area contributed by atoms with E-state index in [0.29, 0.717) is 13.1 Å². The third kappa shape index (κ3) is 4.64. The molecule has 1 saturated heterocycles. The average Bonchev–Trinajstić information content (AvgIpc) is 2.65. The Morgan fingerprint density at radius 1 is 1.19 bits per heavy atom. The SMILES string of the molecule is COc1cccc(CN2CCN([C@H](C(=O)O)c3ccc(C)cc3F)CC2)c1. The van der Waals surface area contributed by atoms with Crippen molar-refractivity contribution < 1.29 is 19.0 Å². The van der Waals surface area contributed by atoms with E-state index in [1.165, 1.54) is 6.07 Å². The van der Waals surface area contributed by atoms with Gasteiger partial charge in [0.05, 0.1) is 7.11 Å². The minimum Gasteiger partial charge on any atom is -0.497 e. The fraction of sp³-hybridized carbons (Fsp3) is 0.381. The van der Waals surface area contributed by atoms with Crippen molar-refractivity contribution in [3.8, 4) is 5.75 Å². The molecule has 27 heavy (non-hydrogen) atoms. The van der Waals surface area contributed by atoms with Crippen LogP contribution in [0.1, 0.15) is 22.7 Å². The van der Waals surface area contributed by atoms with Gasteiger partial charge in [0.25, 0.3) is 0 Å². The molecule has 2 aromatic rings. The van der Waals surface area contributed by atoms with Gasteiger partial charge in [-0.25, -0.2) is 4.39 Å². The van der Waals surface area contributed by atoms with Crippen LogP contribution in [0.5, 0.6) is 5.75 Å². The van der Waals surface area contributed by atoms with Crippen LogP contribution in [0.4, 0.5) is 4.39 Å². The summed E-state index contributed by atoms with van der Waals surface area (Å²) in [6, 6.07) is 11.7. The Morgan fingerprint density at radius 3 is 2.56 bits per heavy atom. The highest BCUT2D eigenvalue weighted by atomic mass is 19.1. The Bertz CT molecular complexity index is 804. The van der Waals surface area contributed by atoms with Crippen molar-refractivity contribution in [1.29, 1.82) is 0 Å². The van der Waals surface area contributed by atoms with E-state index in [1.807, 2.05) is 23.1 Å². The average molecular weight is 372 g/mol. The Balaban J connectivity index is 1.66. The lowest BCUT2D eigenvalue weighted by Crippen LogP contribution is -2.49. The van der Waals surface area contributed by atoms with Crippen molar-refractivity contribution in [2.75, 3.05) is 33.3 Å². The molecule has 1 heterocycles. The molecule has 1 atom stereocenters. The molecule has 1 aliphatic heterocycles. The first-order chi connectivity index (χ1) is 13.0. The van der Waals surface area contributed by atoms with Crippen LogP contribution in [-0.4, -0.2) is 54.2 Å². The molecule has 0 unspecified atom stereocenters. The van der Waals surface area contributed by atoms with Gasteiger partial charge in [-0.2, -0.15) is 0 Å². The number of aryl methyl sites for hydroxylation is 1. The summed E-state index contributed by atoms with van der Waals surface area (Å²) in [5.41, 5.74) is 2.17. The number of carboxylic acids is 1. The van der Waals surface area contributed by atoms with Crippen molar-refractivity contribution in [3.63, 3.8) is 0 Å². The predicted octanol–water partition coefficient (Wildman–Crippen LogP) is 3.09. The predicted molar refractivity (Wildman–Crippen MR) is 101 cm³/mol. The number of benzene rings is 2. The summed E-state index contributed by atoms with van der Waals surface area (Å²) in [7, 11) is 1.65. The number of nitrogens with zero attached hydrogens (tertiary/aromatic N) is 2. The first-order valence-electron chi connectivity index (χ1n) is 9.06. The third-order valence-corrected chi connectivity index (χ3v) is 5.00. The molecule has 0 aliphatic carbocycles. The summed E-state index contributed by atoms with van der Waals surface area (Å²) >= 11 is 0. The lowest BCUT2D eigenvalue weighted by molar-refractivity contribution is -0.144. The molecule has 3 rings (SSSR count). The van der Waals surface area contributed by atoms with Gasteiger partial charge in [-0.3, -0.25) is 14.6 Å². The molecule has 0 amide bonds. The molecule has 2 aromatic carbocycles. The third-order valence-electron chi connectivity index (χ3n) is 5.00. The van der Waals surface area contributed by atoms with E-state index in [4.69, 9.17) is 4.74 Å². The zero-order chi connectivity index (χ0) is 19.4. The molecule has 6 heteroatoms. The maximum Gasteiger partial charge on any atom is 0.325 e. The molecule has 0 aromatic heterocycles. The highest BCUT2D eigenvalue weighted by Gasteiger charge is 2.32. The number of aliphatic carboxylic acids is 1. The number of ether oxygens (including phenoxy) is 1. The van der Waals surface area contributed by atoms with Gasteiger partial charge >= 0.3 is 5.97 Å². The molecule has 0 spiro atoms. The summed E-state index contributed by atoms with van der Waals surface area (Å²) in [5, 5.41) is 9.70. The summed E-state index contributed by atoms with van der Waals surface area (Å²) in [6.45, 7) is 5.19. The van der Waals surface area contributed by atoms with E-state index in [-0.39, 0.29) is 5.56 Å². The molecule has 0 radical (unpaired) electrons. The zero-order valence-electron chi connectivity index (χ0n) is 15.7. The minimum atomic E-state index is -1.01. The van der Waals surface area contributed by atoms with Crippen molar-refractivity contribution in [3.05, 3.63) is 65.0 Å². The minimum absolute atomic E-state index is 0.231. The van der Waals surface area contributed by atoms with Gasteiger partial charge in [0.15, 0.2) is 0 Å². The number of piperazine rings is 1. The topological polar surface area (TPSA) is 53.0 Å². The Morgan fingerprint density at radius 2 is 1.93 bits per heavy atom. The van der Waals surface area contributed by atoms with E-state index in [9.17, 15) is 14.3 Å². The van der Waals surface area contributed by atoms with E-state index in [2.05, 4.69) is 11.0 Å². The largest absolute Gasteiger partial charge is 0.497 e. The van der Waals surface area contributed by atoms with Gasteiger partial charge in [-0.1, -0.05) is 24.3 Å². The lowest BCUT2D eigenvalue weighted by Gasteiger charge is -2.38. The first-order valence-corrected chi connectivity index (χ1v) is 9.06. The number of methoxy groups -OCH3 is 1. The number of rotatable bonds is 6. The Kier molecular flexibility index (Phi) is 6.08. The van der Waals surface area contributed by atoms with Crippen LogP contribution in [0.25, 0.3) is 0 Å². The van der Waals surface area contributed by atoms with Crippen LogP contribution in [0.15, 0.2) is 42.5 Å². The quantitative estimate of drug-likeness (QED) is 0.845. The molecular formula is C21H25FN2O3. The lowest BCUT2D eigenvalue weighted by atomic mass is 10.0. The number of carboxylic acid groups (broad SMARTS) is 1. The maximum atomic E-state index is 14.3. The van der Waals surface area contributed by atoms with Gasteiger partial charge in [-0.05, 0) is 36.2 Å². The van der Waals surface area contributed by atoms with Gasteiger partial charge < -0.3 is 9.84 Å². The van der Waals surface area contributed by atoms with Crippen LogP contribution in [0.2, 0.25) is 0 Å². The molecule has 1 aliphatic rings.